The van der Waals surface area contributed by atoms with Crippen LogP contribution in [0.1, 0.15) is 16.8 Å². The highest BCUT2D eigenvalue weighted by atomic mass is 32.2. The summed E-state index contributed by atoms with van der Waals surface area (Å²) in [5, 5.41) is 7.71. The van der Waals surface area contributed by atoms with Crippen LogP contribution in [0.5, 0.6) is 0 Å². The van der Waals surface area contributed by atoms with Crippen molar-refractivity contribution in [1.82, 2.24) is 19.8 Å². The van der Waals surface area contributed by atoms with Crippen LogP contribution < -0.4 is 11.4 Å². The number of amides is 1. The van der Waals surface area contributed by atoms with Crippen molar-refractivity contribution in [2.24, 2.45) is 0 Å². The van der Waals surface area contributed by atoms with Crippen molar-refractivity contribution < 1.29 is 14.3 Å². The van der Waals surface area contributed by atoms with Crippen LogP contribution in [0.15, 0.2) is 34.2 Å². The van der Waals surface area contributed by atoms with E-state index in [0.29, 0.717) is 13.0 Å². The van der Waals surface area contributed by atoms with E-state index in [1.54, 1.807) is 0 Å². The lowest BCUT2D eigenvalue weighted by atomic mass is 9.94. The van der Waals surface area contributed by atoms with E-state index in [9.17, 15) is 14.4 Å². The first-order valence-electron chi connectivity index (χ1n) is 8.20. The predicted molar refractivity (Wildman–Crippen MR) is 98.4 cm³/mol. The number of esters is 1. The average molecular weight is 389 g/mol. The van der Waals surface area contributed by atoms with Crippen LogP contribution in [0.3, 0.4) is 0 Å². The molecule has 1 atom stereocenters. The molecule has 10 heteroatoms. The standard InChI is InChI=1S/C17H19N5O4S/c1-10-15(24)22(18)17(20-19-10)27-9-14(23)21-8-12-6-4-3-5-11(12)7-13(21)16(25)26-2/h3-6,13H,7-9,18H2,1-2H3/t13-/m0/s1. The van der Waals surface area contributed by atoms with E-state index < -0.39 is 17.6 Å². The molecule has 0 saturated heterocycles. The number of nitrogens with zero attached hydrogens (tertiary/aromatic N) is 4. The molecule has 0 fully saturated rings. The fraction of sp³-hybridized carbons (Fsp3) is 0.353. The molecule has 1 aliphatic heterocycles. The maximum atomic E-state index is 12.8. The van der Waals surface area contributed by atoms with Crippen LogP contribution in [0.4, 0.5) is 0 Å². The number of benzene rings is 1. The van der Waals surface area contributed by atoms with E-state index in [2.05, 4.69) is 10.2 Å². The molecule has 2 aromatic rings. The van der Waals surface area contributed by atoms with Gasteiger partial charge in [-0.3, -0.25) is 9.59 Å². The van der Waals surface area contributed by atoms with Gasteiger partial charge < -0.3 is 15.5 Å². The van der Waals surface area contributed by atoms with Gasteiger partial charge in [0.05, 0.1) is 12.9 Å². The molecule has 0 radical (unpaired) electrons. The highest BCUT2D eigenvalue weighted by Gasteiger charge is 2.35. The Balaban J connectivity index is 1.79. The molecule has 0 bridgehead atoms. The number of carbonyl (C=O) groups is 2. The Kier molecular flexibility index (Phi) is 5.45. The largest absolute Gasteiger partial charge is 0.467 e. The summed E-state index contributed by atoms with van der Waals surface area (Å²) in [5.41, 5.74) is 1.71. The summed E-state index contributed by atoms with van der Waals surface area (Å²) < 4.78 is 5.73. The van der Waals surface area contributed by atoms with Gasteiger partial charge in [-0.05, 0) is 18.1 Å². The van der Waals surface area contributed by atoms with Gasteiger partial charge in [0.2, 0.25) is 11.1 Å². The number of fused-ring (bicyclic) bond motifs is 1. The van der Waals surface area contributed by atoms with Gasteiger partial charge in [0.25, 0.3) is 5.56 Å². The number of aryl methyl sites for hydroxylation is 1. The molecule has 27 heavy (non-hydrogen) atoms. The van der Waals surface area contributed by atoms with Gasteiger partial charge in [0, 0.05) is 13.0 Å². The van der Waals surface area contributed by atoms with Crippen molar-refractivity contribution in [3.63, 3.8) is 0 Å². The minimum atomic E-state index is -0.692. The van der Waals surface area contributed by atoms with Gasteiger partial charge in [-0.25, -0.2) is 4.79 Å². The minimum absolute atomic E-state index is 0.0377. The SMILES string of the molecule is COC(=O)[C@@H]1Cc2ccccc2CN1C(=O)CSc1nnc(C)c(=O)n1N. The van der Waals surface area contributed by atoms with Gasteiger partial charge in [-0.1, -0.05) is 36.0 Å². The lowest BCUT2D eigenvalue weighted by molar-refractivity contribution is -0.153. The fourth-order valence-electron chi connectivity index (χ4n) is 2.91. The first-order chi connectivity index (χ1) is 12.9. The Morgan fingerprint density at radius 1 is 1.30 bits per heavy atom. The highest BCUT2D eigenvalue weighted by molar-refractivity contribution is 7.99. The number of rotatable bonds is 4. The number of nitrogens with two attached hydrogens (primary N) is 1. The summed E-state index contributed by atoms with van der Waals surface area (Å²) in [5.74, 6) is 4.91. The normalized spacial score (nSPS) is 15.9. The van der Waals surface area contributed by atoms with E-state index in [1.807, 2.05) is 24.3 Å². The molecule has 1 amide bonds. The summed E-state index contributed by atoms with van der Waals surface area (Å²) in [6, 6.07) is 6.97. The third kappa shape index (κ3) is 3.80. The molecular formula is C17H19N5O4S. The molecular weight excluding hydrogens is 370 g/mol. The van der Waals surface area contributed by atoms with Crippen molar-refractivity contribution in [2.75, 3.05) is 18.7 Å². The quantitative estimate of drug-likeness (QED) is 0.436. The number of hydrogen-bond acceptors (Lipinski definition) is 8. The van der Waals surface area contributed by atoms with E-state index in [4.69, 9.17) is 10.6 Å². The number of aromatic nitrogens is 3. The summed E-state index contributed by atoms with van der Waals surface area (Å²) >= 11 is 0.995. The lowest BCUT2D eigenvalue weighted by Gasteiger charge is -2.35. The smallest absolute Gasteiger partial charge is 0.328 e. The molecule has 1 aromatic carbocycles. The first-order valence-corrected chi connectivity index (χ1v) is 9.19. The third-order valence-corrected chi connectivity index (χ3v) is 5.31. The Morgan fingerprint density at radius 3 is 2.70 bits per heavy atom. The highest BCUT2D eigenvalue weighted by Crippen LogP contribution is 2.25. The van der Waals surface area contributed by atoms with Crippen LogP contribution >= 0.6 is 11.8 Å². The summed E-state index contributed by atoms with van der Waals surface area (Å²) in [4.78, 5) is 38.3. The fourth-order valence-corrected chi connectivity index (χ4v) is 3.65. The molecule has 0 unspecified atom stereocenters. The molecule has 2 heterocycles. The van der Waals surface area contributed by atoms with E-state index >= 15 is 0 Å². The van der Waals surface area contributed by atoms with Gasteiger partial charge in [0.1, 0.15) is 11.7 Å². The van der Waals surface area contributed by atoms with E-state index in [1.165, 1.54) is 18.9 Å². The van der Waals surface area contributed by atoms with Crippen LogP contribution in [0, 0.1) is 6.92 Å². The van der Waals surface area contributed by atoms with Crippen LogP contribution in [-0.4, -0.2) is 50.6 Å². The van der Waals surface area contributed by atoms with Crippen molar-refractivity contribution in [1.29, 1.82) is 0 Å². The topological polar surface area (TPSA) is 120 Å². The molecule has 2 N–H and O–H groups in total. The molecule has 9 nitrogen and oxygen atoms in total. The zero-order valence-corrected chi connectivity index (χ0v) is 15.7. The second-order valence-electron chi connectivity index (χ2n) is 6.07. The Hall–Kier alpha value is -2.88. The molecule has 1 aromatic heterocycles. The molecule has 0 aliphatic carbocycles. The van der Waals surface area contributed by atoms with Crippen LogP contribution in [-0.2, 0) is 27.3 Å². The number of thioether (sulfide) groups is 1. The van der Waals surface area contributed by atoms with Gasteiger partial charge in [-0.2, -0.15) is 4.68 Å². The second-order valence-corrected chi connectivity index (χ2v) is 7.01. The maximum Gasteiger partial charge on any atom is 0.328 e. The Morgan fingerprint density at radius 2 is 2.00 bits per heavy atom. The summed E-state index contributed by atoms with van der Waals surface area (Å²) in [6.07, 6.45) is 0.394. The van der Waals surface area contributed by atoms with Gasteiger partial charge in [0.15, 0.2) is 0 Å². The van der Waals surface area contributed by atoms with Crippen molar-refractivity contribution in [3.8, 4) is 0 Å². The lowest BCUT2D eigenvalue weighted by Crippen LogP contribution is -2.49. The molecule has 1 aliphatic rings. The average Bonchev–Trinajstić information content (AvgIpc) is 2.69. The molecule has 0 saturated carbocycles. The molecule has 142 valence electrons. The first kappa shape index (κ1) is 18.9. The monoisotopic (exact) mass is 389 g/mol. The minimum Gasteiger partial charge on any atom is -0.467 e. The van der Waals surface area contributed by atoms with E-state index in [-0.39, 0.29) is 22.5 Å². The maximum absolute atomic E-state index is 12.8. The van der Waals surface area contributed by atoms with E-state index in [0.717, 1.165) is 27.6 Å². The Labute approximate surface area is 159 Å². The van der Waals surface area contributed by atoms with Crippen LogP contribution in [0.25, 0.3) is 0 Å². The number of ether oxygens (including phenoxy) is 1. The zero-order chi connectivity index (χ0) is 19.6. The van der Waals surface area contributed by atoms with Gasteiger partial charge >= 0.3 is 5.97 Å². The van der Waals surface area contributed by atoms with Crippen LogP contribution in [0.2, 0.25) is 0 Å². The third-order valence-electron chi connectivity index (χ3n) is 4.39. The second kappa shape index (κ2) is 7.78. The van der Waals surface area contributed by atoms with Gasteiger partial charge in [-0.15, -0.1) is 10.2 Å². The number of hydrogen-bond donors (Lipinski definition) is 1. The number of nitrogen functional groups attached to an aromatic ring is 1. The van der Waals surface area contributed by atoms with Crippen molar-refractivity contribution in [2.45, 2.75) is 31.1 Å². The summed E-state index contributed by atoms with van der Waals surface area (Å²) in [6.45, 7) is 1.81. The Bertz CT molecular complexity index is 945. The zero-order valence-electron chi connectivity index (χ0n) is 14.9. The molecule has 0 spiro atoms. The number of carbonyl (C=O) groups excluding carboxylic acids is 2. The molecule has 3 rings (SSSR count). The predicted octanol–water partition coefficient (Wildman–Crippen LogP) is -0.121. The van der Waals surface area contributed by atoms with Crippen molar-refractivity contribution >= 4 is 23.6 Å². The number of methoxy groups -OCH3 is 1. The van der Waals surface area contributed by atoms with Crippen molar-refractivity contribution in [3.05, 3.63) is 51.4 Å². The summed E-state index contributed by atoms with van der Waals surface area (Å²) in [7, 11) is 1.30.